The summed E-state index contributed by atoms with van der Waals surface area (Å²) in [5.41, 5.74) is 0.914. The summed E-state index contributed by atoms with van der Waals surface area (Å²) >= 11 is 0. The van der Waals surface area contributed by atoms with E-state index in [0.29, 0.717) is 6.42 Å². The van der Waals surface area contributed by atoms with Crippen LogP contribution in [0.1, 0.15) is 13.3 Å². The molecule has 0 aliphatic heterocycles. The van der Waals surface area contributed by atoms with Gasteiger partial charge in [0.15, 0.2) is 0 Å². The van der Waals surface area contributed by atoms with Crippen LogP contribution in [0, 0.1) is 0 Å². The molecule has 0 fully saturated rings. The molecule has 0 spiro atoms. The molecule has 0 bridgehead atoms. The highest BCUT2D eigenvalue weighted by Crippen LogP contribution is 1.92. The van der Waals surface area contributed by atoms with Crippen molar-refractivity contribution in [3.8, 4) is 0 Å². The molecule has 0 aromatic rings. The van der Waals surface area contributed by atoms with Gasteiger partial charge in [-0.3, -0.25) is 4.39 Å². The van der Waals surface area contributed by atoms with Crippen LogP contribution in [0.5, 0.6) is 0 Å². The van der Waals surface area contributed by atoms with Crippen molar-refractivity contribution in [1.82, 2.24) is 0 Å². The number of halogens is 1. The van der Waals surface area contributed by atoms with Crippen molar-refractivity contribution < 1.29 is 19.4 Å². The molecule has 2 N–H and O–H groups in total. The maximum Gasteiger partial charge on any atom is 0.503 e. The number of hydrogen-bond acceptors (Lipinski definition) is 1. The number of rotatable bonds is 2. The van der Waals surface area contributed by atoms with Gasteiger partial charge >= 0.3 is 6.16 Å². The summed E-state index contributed by atoms with van der Waals surface area (Å²) in [5.74, 6) is 0. The molecule has 0 heterocycles. The molecule has 10 heavy (non-hydrogen) atoms. The molecule has 60 valence electrons. The highest BCUT2D eigenvalue weighted by molar-refractivity contribution is 5.53. The zero-order valence-electron chi connectivity index (χ0n) is 5.80. The quantitative estimate of drug-likeness (QED) is 0.593. The number of allylic oxidation sites excluding steroid dienone is 1. The first-order valence-electron chi connectivity index (χ1n) is 2.63. The van der Waals surface area contributed by atoms with E-state index in [2.05, 4.69) is 6.58 Å². The van der Waals surface area contributed by atoms with Gasteiger partial charge in [-0.2, -0.15) is 0 Å². The Labute approximate surface area is 58.8 Å². The van der Waals surface area contributed by atoms with Crippen molar-refractivity contribution in [3.63, 3.8) is 0 Å². The van der Waals surface area contributed by atoms with Gasteiger partial charge in [0.05, 0.1) is 6.67 Å². The minimum atomic E-state index is -1.83. The highest BCUT2D eigenvalue weighted by Gasteiger charge is 1.79. The van der Waals surface area contributed by atoms with E-state index in [1.165, 1.54) is 0 Å². The lowest BCUT2D eigenvalue weighted by Gasteiger charge is -1.84. The molecule has 0 saturated heterocycles. The van der Waals surface area contributed by atoms with E-state index in [1.807, 2.05) is 6.92 Å². The van der Waals surface area contributed by atoms with Crippen molar-refractivity contribution >= 4 is 6.16 Å². The van der Waals surface area contributed by atoms with Crippen LogP contribution >= 0.6 is 0 Å². The summed E-state index contributed by atoms with van der Waals surface area (Å²) in [6.45, 7) is 5.06. The Morgan fingerprint density at radius 3 is 1.90 bits per heavy atom. The molecule has 4 heteroatoms. The Bertz CT molecular complexity index is 108. The van der Waals surface area contributed by atoms with E-state index in [0.717, 1.165) is 5.57 Å². The third-order valence-electron chi connectivity index (χ3n) is 0.521. The summed E-state index contributed by atoms with van der Waals surface area (Å²) in [6.07, 6.45) is -1.32. The van der Waals surface area contributed by atoms with Gasteiger partial charge in [-0.1, -0.05) is 5.57 Å². The Morgan fingerprint density at radius 1 is 1.60 bits per heavy atom. The second-order valence-corrected chi connectivity index (χ2v) is 1.68. The van der Waals surface area contributed by atoms with Gasteiger partial charge in [0, 0.05) is 0 Å². The molecular weight excluding hydrogens is 139 g/mol. The lowest BCUT2D eigenvalue weighted by Crippen LogP contribution is -1.81. The van der Waals surface area contributed by atoms with Gasteiger partial charge in [0.25, 0.3) is 0 Å². The Balaban J connectivity index is 0. The van der Waals surface area contributed by atoms with Crippen molar-refractivity contribution in [2.24, 2.45) is 0 Å². The maximum absolute atomic E-state index is 11.2. The molecule has 0 aromatic carbocycles. The molecule has 0 radical (unpaired) electrons. The Kier molecular flexibility index (Phi) is 9.29. The Morgan fingerprint density at radius 2 is 1.90 bits per heavy atom. The third kappa shape index (κ3) is 65.1. The third-order valence-corrected chi connectivity index (χ3v) is 0.521. The number of hydrogen-bond donors (Lipinski definition) is 2. The summed E-state index contributed by atoms with van der Waals surface area (Å²) in [5, 5.41) is 13.9. The van der Waals surface area contributed by atoms with Gasteiger partial charge in [0.2, 0.25) is 0 Å². The standard InChI is InChI=1S/C5H9F.CH2O3/c1-5(2)3-4-6;2-1(3)4/h1,3-4H2,2H3;(H2,2,3,4). The van der Waals surface area contributed by atoms with E-state index < -0.39 is 6.16 Å². The molecule has 0 aliphatic carbocycles. The molecular formula is C6H11FO3. The second kappa shape index (κ2) is 7.94. The molecule has 0 aromatic heterocycles. The summed E-state index contributed by atoms with van der Waals surface area (Å²) < 4.78 is 11.2. The molecule has 0 unspecified atom stereocenters. The van der Waals surface area contributed by atoms with E-state index in [1.54, 1.807) is 0 Å². The van der Waals surface area contributed by atoms with Gasteiger partial charge < -0.3 is 10.2 Å². The van der Waals surface area contributed by atoms with E-state index in [9.17, 15) is 4.39 Å². The van der Waals surface area contributed by atoms with Crippen LogP contribution in [0.3, 0.4) is 0 Å². The molecule has 0 amide bonds. The highest BCUT2D eigenvalue weighted by atomic mass is 19.1. The van der Waals surface area contributed by atoms with Gasteiger partial charge in [0.1, 0.15) is 0 Å². The van der Waals surface area contributed by atoms with Gasteiger partial charge in [-0.15, -0.1) is 6.58 Å². The van der Waals surface area contributed by atoms with Crippen molar-refractivity contribution in [2.75, 3.05) is 6.67 Å². The molecule has 0 atom stereocenters. The Hall–Kier alpha value is -1.06. The topological polar surface area (TPSA) is 57.5 Å². The summed E-state index contributed by atoms with van der Waals surface area (Å²) in [4.78, 5) is 8.56. The summed E-state index contributed by atoms with van der Waals surface area (Å²) in [6, 6.07) is 0. The lowest BCUT2D eigenvalue weighted by molar-refractivity contribution is 0.137. The smallest absolute Gasteiger partial charge is 0.450 e. The predicted octanol–water partition coefficient (Wildman–Crippen LogP) is 2.14. The number of carbonyl (C=O) groups is 1. The first-order valence-corrected chi connectivity index (χ1v) is 2.63. The van der Waals surface area contributed by atoms with Crippen molar-refractivity contribution in [1.29, 1.82) is 0 Å². The average molecular weight is 150 g/mol. The fourth-order valence-electron chi connectivity index (χ4n) is 0.161. The predicted molar refractivity (Wildman–Crippen MR) is 36.1 cm³/mol. The SMILES string of the molecule is C=C(C)CCF.O=C(O)O. The normalized spacial score (nSPS) is 7.40. The van der Waals surface area contributed by atoms with E-state index >= 15 is 0 Å². The fourth-order valence-corrected chi connectivity index (χ4v) is 0.161. The summed E-state index contributed by atoms with van der Waals surface area (Å²) in [7, 11) is 0. The van der Waals surface area contributed by atoms with Gasteiger partial charge in [-0.25, -0.2) is 4.79 Å². The monoisotopic (exact) mass is 150 g/mol. The minimum Gasteiger partial charge on any atom is -0.450 e. The average Bonchev–Trinajstić information content (AvgIpc) is 1.62. The zero-order valence-corrected chi connectivity index (χ0v) is 5.80. The minimum absolute atomic E-state index is 0.269. The van der Waals surface area contributed by atoms with Crippen LogP contribution < -0.4 is 0 Å². The maximum atomic E-state index is 11.2. The number of carboxylic acid groups (broad SMARTS) is 2. The second-order valence-electron chi connectivity index (χ2n) is 1.68. The van der Waals surface area contributed by atoms with E-state index in [-0.39, 0.29) is 6.67 Å². The van der Waals surface area contributed by atoms with Crippen molar-refractivity contribution in [3.05, 3.63) is 12.2 Å². The molecule has 3 nitrogen and oxygen atoms in total. The van der Waals surface area contributed by atoms with Crippen molar-refractivity contribution in [2.45, 2.75) is 13.3 Å². The van der Waals surface area contributed by atoms with Crippen LogP contribution in [0.2, 0.25) is 0 Å². The van der Waals surface area contributed by atoms with Crippen LogP contribution in [0.4, 0.5) is 9.18 Å². The van der Waals surface area contributed by atoms with Gasteiger partial charge in [-0.05, 0) is 13.3 Å². The fraction of sp³-hybridized carbons (Fsp3) is 0.500. The molecule has 0 rings (SSSR count). The van der Waals surface area contributed by atoms with Crippen LogP contribution in [0.15, 0.2) is 12.2 Å². The first kappa shape index (κ1) is 11.7. The zero-order chi connectivity index (χ0) is 8.57. The lowest BCUT2D eigenvalue weighted by atomic mass is 10.3. The molecule has 0 aliphatic rings. The van der Waals surface area contributed by atoms with Crippen LogP contribution in [-0.2, 0) is 0 Å². The van der Waals surface area contributed by atoms with Crippen LogP contribution in [0.25, 0.3) is 0 Å². The van der Waals surface area contributed by atoms with E-state index in [4.69, 9.17) is 15.0 Å². The first-order chi connectivity index (χ1) is 4.50. The van der Waals surface area contributed by atoms with Crippen LogP contribution in [-0.4, -0.2) is 23.0 Å². The largest absolute Gasteiger partial charge is 0.503 e. The molecule has 0 saturated carbocycles. The number of alkyl halides is 1.